The molecule has 0 bridgehead atoms. The van der Waals surface area contributed by atoms with Gasteiger partial charge in [0.05, 0.1) is 41.6 Å². The van der Waals surface area contributed by atoms with Crippen LogP contribution in [0.25, 0.3) is 27.5 Å². The van der Waals surface area contributed by atoms with Gasteiger partial charge in [-0.2, -0.15) is 10.4 Å². The first-order valence-corrected chi connectivity index (χ1v) is 17.4. The first-order chi connectivity index (χ1) is 24.8. The molecule has 2 aliphatic heterocycles. The number of carbonyl (C=O) groups is 1. The van der Waals surface area contributed by atoms with Gasteiger partial charge in [-0.3, -0.25) is 14.8 Å². The van der Waals surface area contributed by atoms with Crippen molar-refractivity contribution in [3.63, 3.8) is 0 Å². The number of aromatic amines is 1. The topological polar surface area (TPSA) is 134 Å². The fourth-order valence-electron chi connectivity index (χ4n) is 6.43. The summed E-state index contributed by atoms with van der Waals surface area (Å²) in [6, 6.07) is 17.2. The minimum atomic E-state index is -0.534. The van der Waals surface area contributed by atoms with Crippen LogP contribution in [-0.4, -0.2) is 61.3 Å². The van der Waals surface area contributed by atoms with Gasteiger partial charge < -0.3 is 19.4 Å². The fraction of sp³-hybridized carbons (Fsp3) is 0.270. The molecule has 1 atom stereocenters. The average molecular weight is 707 g/mol. The number of amides is 1. The predicted octanol–water partition coefficient (Wildman–Crippen LogP) is 6.74. The molecule has 11 nitrogen and oxygen atoms in total. The molecule has 0 aliphatic carbocycles. The molecule has 258 valence electrons. The highest BCUT2D eigenvalue weighted by Gasteiger charge is 2.24. The molecule has 1 amide bonds. The van der Waals surface area contributed by atoms with Crippen molar-refractivity contribution in [1.29, 1.82) is 5.26 Å². The normalized spacial score (nSPS) is 16.2. The third kappa shape index (κ3) is 6.71. The van der Waals surface area contributed by atoms with Crippen molar-refractivity contribution in [2.24, 2.45) is 0 Å². The summed E-state index contributed by atoms with van der Waals surface area (Å²) in [7, 11) is 0. The number of rotatable bonds is 10. The molecule has 2 aromatic carbocycles. The Balaban J connectivity index is 0.969. The van der Waals surface area contributed by atoms with Gasteiger partial charge in [0.25, 0.3) is 5.91 Å². The number of benzene rings is 2. The number of halogens is 2. The summed E-state index contributed by atoms with van der Waals surface area (Å²) < 4.78 is 42.2. The number of hydrogen-bond acceptors (Lipinski definition) is 9. The van der Waals surface area contributed by atoms with E-state index in [1.807, 2.05) is 24.3 Å². The lowest BCUT2D eigenvalue weighted by Crippen LogP contribution is -2.33. The van der Waals surface area contributed by atoms with Gasteiger partial charge in [0.2, 0.25) is 5.88 Å². The number of aromatic nitrogens is 5. The van der Waals surface area contributed by atoms with Crippen LogP contribution in [0, 0.1) is 29.9 Å². The number of pyridine rings is 1. The number of aryl methyl sites for hydroxylation is 1. The molecule has 1 saturated heterocycles. The number of nitrogens with one attached hydrogen (secondary N) is 2. The van der Waals surface area contributed by atoms with Gasteiger partial charge in [-0.25, -0.2) is 18.7 Å². The number of anilines is 1. The molecule has 2 aliphatic rings. The number of nitrogens with zero attached hydrogens (tertiary/aromatic N) is 6. The molecule has 14 heteroatoms. The third-order valence-corrected chi connectivity index (χ3v) is 10.2. The quantitative estimate of drug-likeness (QED) is 0.160. The smallest absolute Gasteiger partial charge is 0.255 e. The summed E-state index contributed by atoms with van der Waals surface area (Å²) in [6.07, 6.45) is 4.03. The van der Waals surface area contributed by atoms with Crippen molar-refractivity contribution < 1.29 is 23.0 Å². The zero-order valence-electron chi connectivity index (χ0n) is 27.6. The van der Waals surface area contributed by atoms with Crippen LogP contribution in [0.1, 0.15) is 50.2 Å². The molecule has 6 heterocycles. The SMILES string of the molecule is Cc1n[nH]c2c(F)cc(NC(=O)c3ccc4c(c3)nc(CN3CC=C(c5cccc(OCc6cc(F)c(C#N)s6)n5)CC3)n4C[C@@H]3CCO3)cc12. The molecule has 0 unspecified atom stereocenters. The molecule has 1 fully saturated rings. The number of fused-ring (bicyclic) bond motifs is 2. The van der Waals surface area contributed by atoms with Crippen molar-refractivity contribution in [2.75, 3.05) is 25.0 Å². The number of imidazole rings is 1. The number of hydrogen-bond donors (Lipinski definition) is 2. The Bertz CT molecular complexity index is 2370. The number of thiophene rings is 1. The number of H-pyrrole nitrogens is 1. The highest BCUT2D eigenvalue weighted by Crippen LogP contribution is 2.28. The predicted molar refractivity (Wildman–Crippen MR) is 188 cm³/mol. The van der Waals surface area contributed by atoms with Gasteiger partial charge in [-0.1, -0.05) is 12.1 Å². The lowest BCUT2D eigenvalue weighted by molar-refractivity contribution is -0.0591. The molecule has 0 radical (unpaired) electrons. The molecule has 8 rings (SSSR count). The molecular formula is C37H32F2N8O3S. The van der Waals surface area contributed by atoms with E-state index in [2.05, 4.69) is 36.0 Å². The second-order valence-electron chi connectivity index (χ2n) is 12.6. The van der Waals surface area contributed by atoms with Crippen LogP contribution in [-0.2, 0) is 24.4 Å². The van der Waals surface area contributed by atoms with Crippen molar-refractivity contribution in [2.45, 2.75) is 45.6 Å². The monoisotopic (exact) mass is 706 g/mol. The van der Waals surface area contributed by atoms with E-state index in [0.717, 1.165) is 59.9 Å². The third-order valence-electron chi connectivity index (χ3n) is 9.25. The first-order valence-electron chi connectivity index (χ1n) is 16.6. The van der Waals surface area contributed by atoms with Crippen molar-refractivity contribution >= 4 is 50.4 Å². The van der Waals surface area contributed by atoms with E-state index in [-0.39, 0.29) is 23.5 Å². The van der Waals surface area contributed by atoms with Gasteiger partial charge in [0, 0.05) is 47.3 Å². The number of nitriles is 1. The molecule has 6 aromatic rings. The lowest BCUT2D eigenvalue weighted by Gasteiger charge is -2.29. The van der Waals surface area contributed by atoms with Crippen molar-refractivity contribution in [1.82, 2.24) is 29.6 Å². The van der Waals surface area contributed by atoms with Crippen LogP contribution in [0.4, 0.5) is 14.5 Å². The van der Waals surface area contributed by atoms with E-state index in [4.69, 9.17) is 19.7 Å². The average Bonchev–Trinajstić information content (AvgIpc) is 3.79. The molecule has 0 spiro atoms. The Hall–Kier alpha value is -5.49. The van der Waals surface area contributed by atoms with Gasteiger partial charge in [0.15, 0.2) is 11.6 Å². The molecule has 4 aromatic heterocycles. The van der Waals surface area contributed by atoms with Crippen LogP contribution in [0.3, 0.4) is 0 Å². The highest BCUT2D eigenvalue weighted by atomic mass is 32.1. The fourth-order valence-corrected chi connectivity index (χ4v) is 7.17. The van der Waals surface area contributed by atoms with Crippen LogP contribution in [0.15, 0.2) is 60.7 Å². The van der Waals surface area contributed by atoms with Crippen LogP contribution in [0.2, 0.25) is 0 Å². The zero-order chi connectivity index (χ0) is 35.1. The Labute approximate surface area is 295 Å². The summed E-state index contributed by atoms with van der Waals surface area (Å²) >= 11 is 1.07. The Morgan fingerprint density at radius 1 is 1.18 bits per heavy atom. The van der Waals surface area contributed by atoms with Gasteiger partial charge in [0.1, 0.15) is 28.9 Å². The number of ether oxygens (including phenoxy) is 2. The Kier molecular flexibility index (Phi) is 8.77. The lowest BCUT2D eigenvalue weighted by atomic mass is 10.0. The summed E-state index contributed by atoms with van der Waals surface area (Å²) in [5.74, 6) is -0.0615. The molecule has 51 heavy (non-hydrogen) atoms. The maximum absolute atomic E-state index is 14.6. The minimum absolute atomic E-state index is 0.0425. The summed E-state index contributed by atoms with van der Waals surface area (Å²) in [6.45, 7) is 5.42. The van der Waals surface area contributed by atoms with Gasteiger partial charge in [-0.05, 0) is 67.8 Å². The molecule has 0 saturated carbocycles. The van der Waals surface area contributed by atoms with Crippen molar-refractivity contribution in [3.8, 4) is 11.9 Å². The minimum Gasteiger partial charge on any atom is -0.472 e. The molecular weight excluding hydrogens is 675 g/mol. The van der Waals surface area contributed by atoms with Gasteiger partial charge in [-0.15, -0.1) is 11.3 Å². The summed E-state index contributed by atoms with van der Waals surface area (Å²) in [4.78, 5) is 26.0. The standard InChI is InChI=1S/C37H32F2N8O3S/c1-21-27-14-24(15-29(39)36(27)45-44-21)41-37(48)23-5-6-32-31(13-23)42-34(47(32)18-25-9-12-49-25)19-46-10-7-22(8-11-46)30-3-2-4-35(43-30)50-20-26-16-28(38)33(17-40)51-26/h2-7,13-16,25H,8-12,18-20H2,1H3,(H,41,48)(H,44,45)/t25-/m0/s1. The second-order valence-corrected chi connectivity index (χ2v) is 13.8. The van der Waals surface area contributed by atoms with Crippen LogP contribution >= 0.6 is 11.3 Å². The Morgan fingerprint density at radius 2 is 2.06 bits per heavy atom. The van der Waals surface area contributed by atoms with Crippen molar-refractivity contribution in [3.05, 3.63) is 105 Å². The zero-order valence-corrected chi connectivity index (χ0v) is 28.4. The second kappa shape index (κ2) is 13.7. The summed E-state index contributed by atoms with van der Waals surface area (Å²) in [5, 5.41) is 19.2. The first kappa shape index (κ1) is 32.7. The highest BCUT2D eigenvalue weighted by molar-refractivity contribution is 7.12. The van der Waals surface area contributed by atoms with E-state index in [1.54, 1.807) is 31.2 Å². The van der Waals surface area contributed by atoms with E-state index >= 15 is 0 Å². The maximum atomic E-state index is 14.6. The van der Waals surface area contributed by atoms with Gasteiger partial charge >= 0.3 is 0 Å². The van der Waals surface area contributed by atoms with E-state index < -0.39 is 11.6 Å². The van der Waals surface area contributed by atoms with E-state index in [1.165, 1.54) is 12.1 Å². The summed E-state index contributed by atoms with van der Waals surface area (Å²) in [5.41, 5.74) is 5.27. The Morgan fingerprint density at radius 3 is 2.82 bits per heavy atom. The van der Waals surface area contributed by atoms with Crippen LogP contribution < -0.4 is 10.1 Å². The van der Waals surface area contributed by atoms with E-state index in [0.29, 0.717) is 63.8 Å². The van der Waals surface area contributed by atoms with E-state index in [9.17, 15) is 13.6 Å². The maximum Gasteiger partial charge on any atom is 0.255 e. The molecule has 2 N–H and O–H groups in total. The number of carbonyl (C=O) groups excluding carboxylic acids is 1. The largest absolute Gasteiger partial charge is 0.472 e. The van der Waals surface area contributed by atoms with Crippen LogP contribution in [0.5, 0.6) is 5.88 Å².